The highest BCUT2D eigenvalue weighted by atomic mass is 32.1. The maximum absolute atomic E-state index is 13.7. The van der Waals surface area contributed by atoms with E-state index < -0.39 is 35.4 Å². The lowest BCUT2D eigenvalue weighted by Gasteiger charge is -2.35. The Bertz CT molecular complexity index is 1170. The fourth-order valence-electron chi connectivity index (χ4n) is 4.69. The van der Waals surface area contributed by atoms with E-state index in [2.05, 4.69) is 15.6 Å². The Kier molecular flexibility index (Phi) is 11.8. The minimum absolute atomic E-state index is 0.00559. The van der Waals surface area contributed by atoms with Gasteiger partial charge in [0.05, 0.1) is 48.0 Å². The fourth-order valence-corrected chi connectivity index (χ4v) is 5.50. The molecule has 1 aromatic carbocycles. The average Bonchev–Trinajstić information content (AvgIpc) is 3.53. The van der Waals surface area contributed by atoms with E-state index in [-0.39, 0.29) is 38.1 Å². The molecule has 5 N–H and O–H groups in total. The van der Waals surface area contributed by atoms with Gasteiger partial charge in [-0.1, -0.05) is 45.0 Å². The second kappa shape index (κ2) is 14.8. The van der Waals surface area contributed by atoms with Gasteiger partial charge in [-0.2, -0.15) is 0 Å². The number of nitrogens with zero attached hydrogens (tertiary/aromatic N) is 2. The fraction of sp³-hybridized carbons (Fsp3) is 0.586. The lowest BCUT2D eigenvalue weighted by atomic mass is 9.85. The van der Waals surface area contributed by atoms with E-state index in [0.717, 1.165) is 21.7 Å². The molecule has 1 fully saturated rings. The van der Waals surface area contributed by atoms with E-state index in [1.165, 1.54) is 4.90 Å². The maximum Gasteiger partial charge on any atom is 0.246 e. The van der Waals surface area contributed by atoms with E-state index in [1.54, 1.807) is 11.3 Å². The lowest BCUT2D eigenvalue weighted by molar-refractivity contribution is -0.144. The molecule has 3 rings (SSSR count). The summed E-state index contributed by atoms with van der Waals surface area (Å²) >= 11 is 1.58. The maximum atomic E-state index is 13.7. The number of β-amino-alcohol motifs (C(OH)–C–C–N with tert-alkyl or cyclic N) is 1. The molecule has 0 aliphatic carbocycles. The van der Waals surface area contributed by atoms with Crippen molar-refractivity contribution in [3.63, 3.8) is 0 Å². The molecular formula is C29H43N5O6S. The monoisotopic (exact) mass is 589 g/mol. The second-order valence-electron chi connectivity index (χ2n) is 11.3. The largest absolute Gasteiger partial charge is 0.391 e. The first-order valence-electron chi connectivity index (χ1n) is 13.9. The van der Waals surface area contributed by atoms with Crippen LogP contribution >= 0.6 is 11.3 Å². The molecule has 1 saturated heterocycles. The van der Waals surface area contributed by atoms with Crippen molar-refractivity contribution in [2.45, 2.75) is 65.3 Å². The molecule has 1 aliphatic rings. The second-order valence-corrected chi connectivity index (χ2v) is 12.2. The molecule has 3 amide bonds. The van der Waals surface area contributed by atoms with Gasteiger partial charge in [-0.05, 0) is 30.4 Å². The summed E-state index contributed by atoms with van der Waals surface area (Å²) in [7, 11) is 0. The minimum Gasteiger partial charge on any atom is -0.391 e. The van der Waals surface area contributed by atoms with Crippen molar-refractivity contribution in [1.82, 2.24) is 20.5 Å². The van der Waals surface area contributed by atoms with Gasteiger partial charge in [-0.15, -0.1) is 11.3 Å². The molecule has 41 heavy (non-hydrogen) atoms. The van der Waals surface area contributed by atoms with Crippen molar-refractivity contribution in [2.75, 3.05) is 39.5 Å². The van der Waals surface area contributed by atoms with Crippen LogP contribution in [0.15, 0.2) is 29.8 Å². The zero-order valence-corrected chi connectivity index (χ0v) is 25.3. The summed E-state index contributed by atoms with van der Waals surface area (Å²) in [5.41, 5.74) is 9.47. The van der Waals surface area contributed by atoms with Crippen LogP contribution in [-0.4, -0.2) is 90.4 Å². The number of nitrogens with one attached hydrogen (secondary N) is 2. The van der Waals surface area contributed by atoms with Crippen LogP contribution < -0.4 is 16.4 Å². The smallest absolute Gasteiger partial charge is 0.246 e. The SMILES string of the molecule is Cc1ncsc1-c1ccc(C(C)NC(=O)[C@@H]2C[C@@H](O)CN2C(=O)C(NC(=O)COCCOCCN)C(C)(C)C)cc1. The van der Waals surface area contributed by atoms with Gasteiger partial charge in [-0.3, -0.25) is 14.4 Å². The Hall–Kier alpha value is -2.90. The predicted octanol–water partition coefficient (Wildman–Crippen LogP) is 1.78. The topological polar surface area (TPSA) is 156 Å². The van der Waals surface area contributed by atoms with Gasteiger partial charge >= 0.3 is 0 Å². The first kappa shape index (κ1) is 32.6. The van der Waals surface area contributed by atoms with Crippen LogP contribution in [0.5, 0.6) is 0 Å². The quantitative estimate of drug-likeness (QED) is 0.258. The van der Waals surface area contributed by atoms with Gasteiger partial charge in [0.2, 0.25) is 17.7 Å². The van der Waals surface area contributed by atoms with Crippen LogP contribution in [0.3, 0.4) is 0 Å². The number of carbonyl (C=O) groups is 3. The molecule has 12 heteroatoms. The first-order valence-corrected chi connectivity index (χ1v) is 14.7. The molecular weight excluding hydrogens is 546 g/mol. The van der Waals surface area contributed by atoms with E-state index in [0.29, 0.717) is 19.8 Å². The molecule has 11 nitrogen and oxygen atoms in total. The summed E-state index contributed by atoms with van der Waals surface area (Å²) < 4.78 is 10.6. The molecule has 0 bridgehead atoms. The Morgan fingerprint density at radius 1 is 1.15 bits per heavy atom. The van der Waals surface area contributed by atoms with Crippen molar-refractivity contribution in [2.24, 2.45) is 11.1 Å². The van der Waals surface area contributed by atoms with Crippen LogP contribution in [0.4, 0.5) is 0 Å². The number of aliphatic hydroxyl groups is 1. The van der Waals surface area contributed by atoms with E-state index in [1.807, 2.05) is 64.4 Å². The highest BCUT2D eigenvalue weighted by Crippen LogP contribution is 2.29. The van der Waals surface area contributed by atoms with Gasteiger partial charge in [0.1, 0.15) is 18.7 Å². The molecule has 2 aromatic rings. The highest BCUT2D eigenvalue weighted by Gasteiger charge is 2.44. The molecule has 0 saturated carbocycles. The third-order valence-corrected chi connectivity index (χ3v) is 7.91. The van der Waals surface area contributed by atoms with Gasteiger partial charge < -0.3 is 35.8 Å². The number of carbonyl (C=O) groups excluding carboxylic acids is 3. The Balaban J connectivity index is 1.63. The van der Waals surface area contributed by atoms with Gasteiger partial charge in [0, 0.05) is 19.5 Å². The van der Waals surface area contributed by atoms with Crippen LogP contribution in [0.25, 0.3) is 10.4 Å². The standard InChI is InChI=1S/C29H43N5O6S/c1-18(20-6-8-21(9-7-20)25-19(2)31-17-41-25)32-27(37)23-14-22(35)15-34(23)28(38)26(29(3,4)5)33-24(36)16-40-13-12-39-11-10-30/h6-9,17-18,22-23,26,35H,10-16,30H2,1-5H3,(H,32,37)(H,33,36)/t18?,22-,23+,26?/m1/s1. The van der Waals surface area contributed by atoms with E-state index >= 15 is 0 Å². The number of amides is 3. The highest BCUT2D eigenvalue weighted by molar-refractivity contribution is 7.13. The van der Waals surface area contributed by atoms with Crippen LogP contribution in [-0.2, 0) is 23.9 Å². The normalized spacial score (nSPS) is 18.7. The van der Waals surface area contributed by atoms with Crippen molar-refractivity contribution in [1.29, 1.82) is 0 Å². The lowest BCUT2D eigenvalue weighted by Crippen LogP contribution is -2.58. The van der Waals surface area contributed by atoms with Gasteiger partial charge in [0.25, 0.3) is 0 Å². The number of benzene rings is 1. The number of hydrogen-bond acceptors (Lipinski definition) is 9. The van der Waals surface area contributed by atoms with Crippen molar-refractivity contribution < 1.29 is 29.0 Å². The molecule has 1 aliphatic heterocycles. The number of aromatic nitrogens is 1. The number of nitrogens with two attached hydrogens (primary N) is 1. The molecule has 0 spiro atoms. The molecule has 226 valence electrons. The van der Waals surface area contributed by atoms with E-state index in [4.69, 9.17) is 15.2 Å². The molecule has 2 unspecified atom stereocenters. The summed E-state index contributed by atoms with van der Waals surface area (Å²) in [6.45, 7) is 10.4. The zero-order chi connectivity index (χ0) is 30.2. The predicted molar refractivity (Wildman–Crippen MR) is 157 cm³/mol. The summed E-state index contributed by atoms with van der Waals surface area (Å²) in [5, 5.41) is 16.2. The van der Waals surface area contributed by atoms with Crippen LogP contribution in [0, 0.1) is 12.3 Å². The average molecular weight is 590 g/mol. The summed E-state index contributed by atoms with van der Waals surface area (Å²) in [4.78, 5) is 46.5. The van der Waals surface area contributed by atoms with Crippen LogP contribution in [0.2, 0.25) is 0 Å². The summed E-state index contributed by atoms with van der Waals surface area (Å²) in [6, 6.07) is 5.82. The Labute approximate surface area is 245 Å². The number of likely N-dealkylation sites (tertiary alicyclic amines) is 1. The number of ether oxygens (including phenoxy) is 2. The summed E-state index contributed by atoms with van der Waals surface area (Å²) in [5.74, 6) is -1.24. The molecule has 1 aromatic heterocycles. The van der Waals surface area contributed by atoms with Crippen molar-refractivity contribution >= 4 is 29.1 Å². The van der Waals surface area contributed by atoms with Crippen LogP contribution in [0.1, 0.15) is 51.4 Å². The van der Waals surface area contributed by atoms with E-state index in [9.17, 15) is 19.5 Å². The third kappa shape index (κ3) is 9.04. The number of aryl methyl sites for hydroxylation is 1. The molecule has 0 radical (unpaired) electrons. The first-order chi connectivity index (χ1) is 19.4. The molecule has 4 atom stereocenters. The number of hydrogen-bond donors (Lipinski definition) is 4. The van der Waals surface area contributed by atoms with Gasteiger partial charge in [-0.25, -0.2) is 4.98 Å². The Morgan fingerprint density at radius 3 is 2.44 bits per heavy atom. The Morgan fingerprint density at radius 2 is 1.83 bits per heavy atom. The van der Waals surface area contributed by atoms with Crippen molar-refractivity contribution in [3.8, 4) is 10.4 Å². The number of aliphatic hydroxyl groups excluding tert-OH is 1. The zero-order valence-electron chi connectivity index (χ0n) is 24.5. The minimum atomic E-state index is -0.923. The number of thiazole rings is 1. The summed E-state index contributed by atoms with van der Waals surface area (Å²) in [6.07, 6.45) is -0.731. The number of rotatable bonds is 13. The van der Waals surface area contributed by atoms with Gasteiger partial charge in [0.15, 0.2) is 0 Å². The third-order valence-electron chi connectivity index (χ3n) is 6.93. The molecule has 2 heterocycles. The van der Waals surface area contributed by atoms with Crippen molar-refractivity contribution in [3.05, 3.63) is 41.0 Å².